The van der Waals surface area contributed by atoms with Crippen LogP contribution >= 0.6 is 0 Å². The van der Waals surface area contributed by atoms with E-state index in [-0.39, 0.29) is 33.2 Å². The van der Waals surface area contributed by atoms with Gasteiger partial charge >= 0.3 is 10.4 Å². The van der Waals surface area contributed by atoms with E-state index in [1.807, 2.05) is 0 Å². The monoisotopic (exact) mass is 410 g/mol. The minimum atomic E-state index is -4.04. The molecule has 0 aliphatic rings. The molecule has 0 unspecified atom stereocenters. The Kier molecular flexibility index (Phi) is 9.11. The van der Waals surface area contributed by atoms with Gasteiger partial charge in [-0.15, -0.1) is 0 Å². The second-order valence-electron chi connectivity index (χ2n) is 9.21. The fourth-order valence-corrected chi connectivity index (χ4v) is 20.8. The van der Waals surface area contributed by atoms with Crippen molar-refractivity contribution < 1.29 is 16.2 Å². The Bertz CT molecular complexity index is 428. The highest BCUT2D eigenvalue weighted by Gasteiger charge is 2.53. The predicted octanol–water partition coefficient (Wildman–Crippen LogP) is 6.62. The Labute approximate surface area is 159 Å². The molecule has 0 aliphatic heterocycles. The van der Waals surface area contributed by atoms with Gasteiger partial charge in [-0.3, -0.25) is 7.74 Å². The Morgan fingerprint density at radius 2 is 0.640 bits per heavy atom. The van der Waals surface area contributed by atoms with E-state index in [2.05, 4.69) is 83.1 Å². The summed E-state index contributed by atoms with van der Waals surface area (Å²) >= 11 is 0. The van der Waals surface area contributed by atoms with E-state index in [0.29, 0.717) is 0 Å². The average molecular weight is 411 g/mol. The van der Waals surface area contributed by atoms with Crippen LogP contribution < -0.4 is 0 Å². The van der Waals surface area contributed by atoms with Gasteiger partial charge in [0.2, 0.25) is 16.6 Å². The van der Waals surface area contributed by atoms with Crippen molar-refractivity contribution in [2.75, 3.05) is 0 Å². The van der Waals surface area contributed by atoms with Crippen molar-refractivity contribution in [3.63, 3.8) is 0 Å². The maximum Gasteiger partial charge on any atom is 0.380 e. The lowest BCUT2D eigenvalue weighted by atomic mass is 10.5. The van der Waals surface area contributed by atoms with Gasteiger partial charge in [0.05, 0.1) is 0 Å². The van der Waals surface area contributed by atoms with Crippen molar-refractivity contribution in [3.05, 3.63) is 0 Å². The van der Waals surface area contributed by atoms with Crippen LogP contribution in [0.3, 0.4) is 0 Å². The Morgan fingerprint density at radius 1 is 0.480 bits per heavy atom. The highest BCUT2D eigenvalue weighted by atomic mass is 32.3. The van der Waals surface area contributed by atoms with Crippen molar-refractivity contribution in [2.24, 2.45) is 0 Å². The lowest BCUT2D eigenvalue weighted by Crippen LogP contribution is -2.54. The quantitative estimate of drug-likeness (QED) is 0.380. The van der Waals surface area contributed by atoms with Crippen LogP contribution in [0.5, 0.6) is 0 Å². The van der Waals surface area contributed by atoms with Crippen molar-refractivity contribution in [1.82, 2.24) is 0 Å². The Morgan fingerprint density at radius 3 is 0.760 bits per heavy atom. The topological polar surface area (TPSA) is 52.6 Å². The molecule has 152 valence electrons. The first kappa shape index (κ1) is 25.3. The molecule has 0 fully saturated rings. The summed E-state index contributed by atoms with van der Waals surface area (Å²) in [6.45, 7) is 25.0. The summed E-state index contributed by atoms with van der Waals surface area (Å²) in [4.78, 5) is 0. The fraction of sp³-hybridized carbons (Fsp3) is 1.00. The molecule has 0 saturated heterocycles. The van der Waals surface area contributed by atoms with Gasteiger partial charge in [0, 0.05) is 0 Å². The molecule has 0 bridgehead atoms. The number of hydrogen-bond acceptors (Lipinski definition) is 4. The van der Waals surface area contributed by atoms with E-state index in [1.54, 1.807) is 0 Å². The number of rotatable bonds is 10. The lowest BCUT2D eigenvalue weighted by Gasteiger charge is -2.44. The van der Waals surface area contributed by atoms with Gasteiger partial charge in [-0.25, -0.2) is 0 Å². The molecule has 0 N–H and O–H groups in total. The van der Waals surface area contributed by atoms with Crippen LogP contribution in [-0.2, 0) is 18.1 Å². The van der Waals surface area contributed by atoms with Gasteiger partial charge in [-0.05, 0) is 33.2 Å². The van der Waals surface area contributed by atoms with E-state index >= 15 is 0 Å². The van der Waals surface area contributed by atoms with E-state index in [4.69, 9.17) is 7.74 Å². The molecule has 0 heterocycles. The summed E-state index contributed by atoms with van der Waals surface area (Å²) in [5, 5.41) is 0. The van der Waals surface area contributed by atoms with Crippen LogP contribution in [0.4, 0.5) is 0 Å². The van der Waals surface area contributed by atoms with E-state index in [1.165, 1.54) is 0 Å². The first-order valence-electron chi connectivity index (χ1n) is 9.74. The predicted molar refractivity (Wildman–Crippen MR) is 113 cm³/mol. The molecule has 0 spiro atoms. The maximum absolute atomic E-state index is 13.1. The van der Waals surface area contributed by atoms with Crippen LogP contribution in [0.1, 0.15) is 83.1 Å². The van der Waals surface area contributed by atoms with E-state index < -0.39 is 27.0 Å². The zero-order valence-corrected chi connectivity index (χ0v) is 21.3. The molecule has 0 radical (unpaired) electrons. The second-order valence-corrected chi connectivity index (χ2v) is 21.7. The van der Waals surface area contributed by atoms with Crippen LogP contribution in [0.2, 0.25) is 33.2 Å². The largest absolute Gasteiger partial charge is 0.380 e. The molecule has 0 saturated carbocycles. The minimum absolute atomic E-state index is 0.194. The van der Waals surface area contributed by atoms with E-state index in [0.717, 1.165) is 0 Å². The molecule has 25 heavy (non-hydrogen) atoms. The third-order valence-electron chi connectivity index (χ3n) is 5.91. The van der Waals surface area contributed by atoms with Crippen LogP contribution in [-0.4, -0.2) is 25.1 Å². The van der Waals surface area contributed by atoms with Gasteiger partial charge < -0.3 is 0 Å². The molecule has 4 nitrogen and oxygen atoms in total. The molecule has 0 atom stereocenters. The summed E-state index contributed by atoms with van der Waals surface area (Å²) in [6, 6.07) is 0. The zero-order valence-electron chi connectivity index (χ0n) is 18.5. The smallest absolute Gasteiger partial charge is 0.293 e. The third kappa shape index (κ3) is 5.18. The van der Waals surface area contributed by atoms with Crippen LogP contribution in [0.25, 0.3) is 0 Å². The first-order chi connectivity index (χ1) is 11.1. The molecular weight excluding hydrogens is 368 g/mol. The van der Waals surface area contributed by atoms with Gasteiger partial charge in [0.15, 0.2) is 0 Å². The summed E-state index contributed by atoms with van der Waals surface area (Å²) in [5.41, 5.74) is 1.16. The van der Waals surface area contributed by atoms with Crippen LogP contribution in [0, 0.1) is 0 Å². The highest BCUT2D eigenvalue weighted by Crippen LogP contribution is 2.47. The first-order valence-corrected chi connectivity index (χ1v) is 15.3. The zero-order chi connectivity index (χ0) is 20.4. The highest BCUT2D eigenvalue weighted by molar-refractivity contribution is 7.84. The van der Waals surface area contributed by atoms with Crippen molar-refractivity contribution in [1.29, 1.82) is 0 Å². The van der Waals surface area contributed by atoms with Gasteiger partial charge in [0.25, 0.3) is 0 Å². The number of hydrogen-bond donors (Lipinski definition) is 0. The summed E-state index contributed by atoms with van der Waals surface area (Å²) in [5.74, 6) is 0. The van der Waals surface area contributed by atoms with Crippen molar-refractivity contribution >= 4 is 27.0 Å². The van der Waals surface area contributed by atoms with Crippen molar-refractivity contribution in [2.45, 2.75) is 116 Å². The fourth-order valence-electron chi connectivity index (χ4n) is 4.95. The summed E-state index contributed by atoms with van der Waals surface area (Å²) in [6.07, 6.45) is 0. The average Bonchev–Trinajstić information content (AvgIpc) is 2.39. The molecular formula is C18H42O4SSi2. The Balaban J connectivity index is 6.06. The molecule has 0 amide bonds. The van der Waals surface area contributed by atoms with Gasteiger partial charge in [-0.2, -0.15) is 8.42 Å². The third-order valence-corrected chi connectivity index (χ3v) is 20.7. The Hall–Kier alpha value is 0.304. The molecule has 0 aromatic carbocycles. The van der Waals surface area contributed by atoms with Gasteiger partial charge in [0.1, 0.15) is 0 Å². The van der Waals surface area contributed by atoms with E-state index in [9.17, 15) is 8.42 Å². The summed E-state index contributed by atoms with van der Waals surface area (Å²) < 4.78 is 38.3. The standard InChI is InChI=1S/C18H42O4SSi2/c1-13(2)24(14(3)4,15(5)6)21-23(19,20)22-25(16(7)8,17(9)10)18(11)12/h13-18H,1-12H3. The second kappa shape index (κ2) is 9.00. The van der Waals surface area contributed by atoms with Crippen LogP contribution in [0.15, 0.2) is 0 Å². The minimum Gasteiger partial charge on any atom is -0.293 e. The lowest BCUT2D eigenvalue weighted by molar-refractivity contribution is 0.353. The molecule has 0 aromatic rings. The SMILES string of the molecule is CC(C)[Si](OS(=O)(=O)O[Si](C(C)C)(C(C)C)C(C)C)(C(C)C)C(C)C. The molecule has 0 aromatic heterocycles. The molecule has 0 rings (SSSR count). The normalized spacial score (nSPS) is 14.8. The summed E-state index contributed by atoms with van der Waals surface area (Å²) in [7, 11) is -9.16. The molecule has 0 aliphatic carbocycles. The van der Waals surface area contributed by atoms with Crippen molar-refractivity contribution in [3.8, 4) is 0 Å². The maximum atomic E-state index is 13.1. The molecule has 7 heteroatoms. The van der Waals surface area contributed by atoms with Gasteiger partial charge in [-0.1, -0.05) is 83.1 Å².